The van der Waals surface area contributed by atoms with E-state index in [0.29, 0.717) is 51.1 Å². The fraction of sp³-hybridized carbons (Fsp3) is 0.450. The Morgan fingerprint density at radius 2 is 1.96 bits per heavy atom. The van der Waals surface area contributed by atoms with Crippen LogP contribution in [0.25, 0.3) is 10.9 Å². The Balaban J connectivity index is 1.46. The second-order valence-corrected chi connectivity index (χ2v) is 7.23. The molecule has 0 unspecified atom stereocenters. The zero-order valence-electron chi connectivity index (χ0n) is 15.0. The zero-order chi connectivity index (χ0) is 18.1. The summed E-state index contributed by atoms with van der Waals surface area (Å²) in [5.41, 5.74) is 1.08. The van der Waals surface area contributed by atoms with Crippen LogP contribution in [0.15, 0.2) is 36.5 Å². The van der Waals surface area contributed by atoms with E-state index in [4.69, 9.17) is 4.74 Å². The van der Waals surface area contributed by atoms with E-state index in [1.54, 1.807) is 11.1 Å². The van der Waals surface area contributed by atoms with Crippen LogP contribution in [0.2, 0.25) is 0 Å². The highest BCUT2D eigenvalue weighted by atomic mass is 16.5. The van der Waals surface area contributed by atoms with E-state index in [2.05, 4.69) is 4.98 Å². The summed E-state index contributed by atoms with van der Waals surface area (Å²) in [5.74, 6) is 0.121. The van der Waals surface area contributed by atoms with Crippen molar-refractivity contribution in [2.24, 2.45) is 0 Å². The number of piperidine rings is 1. The minimum absolute atomic E-state index is 0.00447. The Hall–Kier alpha value is -2.47. The lowest BCUT2D eigenvalue weighted by Crippen LogP contribution is -2.49. The number of pyridine rings is 1. The lowest BCUT2D eigenvalue weighted by atomic mass is 9.87. The van der Waals surface area contributed by atoms with Gasteiger partial charge in [0.1, 0.15) is 0 Å². The molecule has 0 N–H and O–H groups in total. The van der Waals surface area contributed by atoms with Crippen LogP contribution in [0.3, 0.4) is 0 Å². The molecule has 6 heteroatoms. The molecular formula is C20H23N3O3. The molecule has 0 bridgehead atoms. The Bertz CT molecular complexity index is 843. The zero-order valence-corrected chi connectivity index (χ0v) is 15.0. The van der Waals surface area contributed by atoms with Crippen LogP contribution in [0, 0.1) is 0 Å². The molecule has 26 heavy (non-hydrogen) atoms. The van der Waals surface area contributed by atoms with Crippen molar-refractivity contribution in [1.29, 1.82) is 0 Å². The lowest BCUT2D eigenvalue weighted by molar-refractivity contribution is -0.134. The first kappa shape index (κ1) is 17.0. The first-order valence-electron chi connectivity index (χ1n) is 9.08. The van der Waals surface area contributed by atoms with Crippen molar-refractivity contribution >= 4 is 22.7 Å². The van der Waals surface area contributed by atoms with Gasteiger partial charge in [0.2, 0.25) is 5.91 Å². The summed E-state index contributed by atoms with van der Waals surface area (Å²) < 4.78 is 6.05. The second kappa shape index (κ2) is 6.68. The number of carbonyl (C=O) groups is 2. The van der Waals surface area contributed by atoms with Crippen LogP contribution in [-0.4, -0.2) is 65.5 Å². The van der Waals surface area contributed by atoms with Gasteiger partial charge in [-0.25, -0.2) is 0 Å². The number of ether oxygens (including phenoxy) is 1. The molecular weight excluding hydrogens is 330 g/mol. The standard InChI is InChI=1S/C20H23N3O3/c1-22-10-11-26-20(13-18(22)24)6-8-23(9-7-20)19(25)16-12-15-4-2-3-5-17(15)21-14-16/h2-5,12,14H,6-11,13H2,1H3. The molecule has 136 valence electrons. The second-order valence-electron chi connectivity index (χ2n) is 7.23. The topological polar surface area (TPSA) is 62.7 Å². The van der Waals surface area contributed by atoms with E-state index in [1.165, 1.54) is 0 Å². The molecule has 2 amide bonds. The van der Waals surface area contributed by atoms with Crippen molar-refractivity contribution in [2.45, 2.75) is 24.9 Å². The monoisotopic (exact) mass is 353 g/mol. The number of hydrogen-bond donors (Lipinski definition) is 0. The van der Waals surface area contributed by atoms with Gasteiger partial charge in [0, 0.05) is 38.3 Å². The Morgan fingerprint density at radius 3 is 2.77 bits per heavy atom. The maximum atomic E-state index is 12.9. The van der Waals surface area contributed by atoms with E-state index >= 15 is 0 Å². The molecule has 2 aromatic rings. The first-order valence-corrected chi connectivity index (χ1v) is 9.08. The molecule has 2 aliphatic heterocycles. The van der Waals surface area contributed by atoms with Gasteiger partial charge >= 0.3 is 0 Å². The predicted octanol–water partition coefficient (Wildman–Crippen LogP) is 2.09. The summed E-state index contributed by atoms with van der Waals surface area (Å²) in [5, 5.41) is 0.965. The number of benzene rings is 1. The normalized spacial score (nSPS) is 20.4. The number of para-hydroxylation sites is 1. The van der Waals surface area contributed by atoms with Gasteiger partial charge in [0.25, 0.3) is 5.91 Å². The number of carbonyl (C=O) groups excluding carboxylic acids is 2. The largest absolute Gasteiger partial charge is 0.372 e. The highest BCUT2D eigenvalue weighted by molar-refractivity contribution is 5.97. The van der Waals surface area contributed by atoms with E-state index in [-0.39, 0.29) is 11.8 Å². The molecule has 0 aliphatic carbocycles. The van der Waals surface area contributed by atoms with Gasteiger partial charge in [0.15, 0.2) is 0 Å². The third-order valence-electron chi connectivity index (χ3n) is 5.53. The van der Waals surface area contributed by atoms with Gasteiger partial charge in [-0.1, -0.05) is 18.2 Å². The summed E-state index contributed by atoms with van der Waals surface area (Å²) in [4.78, 5) is 33.0. The Morgan fingerprint density at radius 1 is 1.19 bits per heavy atom. The van der Waals surface area contributed by atoms with Gasteiger partial charge in [-0.05, 0) is 25.0 Å². The molecule has 2 fully saturated rings. The van der Waals surface area contributed by atoms with Gasteiger partial charge in [-0.3, -0.25) is 14.6 Å². The number of likely N-dealkylation sites (N-methyl/N-ethyl adjacent to an activating group) is 1. The van der Waals surface area contributed by atoms with Crippen molar-refractivity contribution < 1.29 is 14.3 Å². The van der Waals surface area contributed by atoms with Crippen molar-refractivity contribution in [1.82, 2.24) is 14.8 Å². The van der Waals surface area contributed by atoms with Crippen LogP contribution in [0.5, 0.6) is 0 Å². The molecule has 0 atom stereocenters. The van der Waals surface area contributed by atoms with Gasteiger partial charge in [-0.15, -0.1) is 0 Å². The van der Waals surface area contributed by atoms with Crippen molar-refractivity contribution in [3.8, 4) is 0 Å². The number of amides is 2. The van der Waals surface area contributed by atoms with Gasteiger partial charge < -0.3 is 14.5 Å². The molecule has 0 saturated carbocycles. The Labute approximate surface area is 152 Å². The maximum Gasteiger partial charge on any atom is 0.255 e. The maximum absolute atomic E-state index is 12.9. The highest BCUT2D eigenvalue weighted by Crippen LogP contribution is 2.32. The minimum atomic E-state index is -0.416. The molecule has 2 saturated heterocycles. The quantitative estimate of drug-likeness (QED) is 0.788. The predicted molar refractivity (Wildman–Crippen MR) is 97.8 cm³/mol. The first-order chi connectivity index (χ1) is 12.6. The van der Waals surface area contributed by atoms with Crippen LogP contribution in [-0.2, 0) is 9.53 Å². The molecule has 1 spiro atoms. The van der Waals surface area contributed by atoms with Crippen molar-refractivity contribution in [3.05, 3.63) is 42.1 Å². The lowest BCUT2D eigenvalue weighted by Gasteiger charge is -2.40. The van der Waals surface area contributed by atoms with Crippen LogP contribution >= 0.6 is 0 Å². The molecule has 2 aliphatic rings. The molecule has 3 heterocycles. The van der Waals surface area contributed by atoms with Crippen molar-refractivity contribution in [3.63, 3.8) is 0 Å². The number of aromatic nitrogens is 1. The number of nitrogens with zero attached hydrogens (tertiary/aromatic N) is 3. The van der Waals surface area contributed by atoms with Crippen LogP contribution in [0.4, 0.5) is 0 Å². The number of rotatable bonds is 1. The fourth-order valence-electron chi connectivity index (χ4n) is 3.79. The van der Waals surface area contributed by atoms with Crippen LogP contribution in [0.1, 0.15) is 29.6 Å². The Kier molecular flexibility index (Phi) is 4.36. The smallest absolute Gasteiger partial charge is 0.255 e. The summed E-state index contributed by atoms with van der Waals surface area (Å²) in [6, 6.07) is 9.68. The van der Waals surface area contributed by atoms with Gasteiger partial charge in [0.05, 0.1) is 29.7 Å². The van der Waals surface area contributed by atoms with E-state index in [9.17, 15) is 9.59 Å². The summed E-state index contributed by atoms with van der Waals surface area (Å²) in [7, 11) is 1.82. The van der Waals surface area contributed by atoms with E-state index in [0.717, 1.165) is 10.9 Å². The van der Waals surface area contributed by atoms with Gasteiger partial charge in [-0.2, -0.15) is 0 Å². The minimum Gasteiger partial charge on any atom is -0.372 e. The molecule has 4 rings (SSSR count). The van der Waals surface area contributed by atoms with E-state index in [1.807, 2.05) is 42.3 Å². The molecule has 6 nitrogen and oxygen atoms in total. The average molecular weight is 353 g/mol. The third-order valence-corrected chi connectivity index (χ3v) is 5.53. The SMILES string of the molecule is CN1CCOC2(CCN(C(=O)c3cnc4ccccc4c3)CC2)CC1=O. The fourth-order valence-corrected chi connectivity index (χ4v) is 3.79. The number of fused-ring (bicyclic) bond motifs is 1. The van der Waals surface area contributed by atoms with E-state index < -0.39 is 5.60 Å². The number of hydrogen-bond acceptors (Lipinski definition) is 4. The summed E-state index contributed by atoms with van der Waals surface area (Å²) in [6.07, 6.45) is 3.44. The average Bonchev–Trinajstić information content (AvgIpc) is 2.80. The summed E-state index contributed by atoms with van der Waals surface area (Å²) >= 11 is 0. The number of likely N-dealkylation sites (tertiary alicyclic amines) is 1. The molecule has 1 aromatic carbocycles. The highest BCUT2D eigenvalue weighted by Gasteiger charge is 2.41. The third kappa shape index (κ3) is 3.17. The molecule has 1 aromatic heterocycles. The van der Waals surface area contributed by atoms with Crippen molar-refractivity contribution in [2.75, 3.05) is 33.3 Å². The molecule has 0 radical (unpaired) electrons. The van der Waals surface area contributed by atoms with Crippen LogP contribution < -0.4 is 0 Å². The summed E-state index contributed by atoms with van der Waals surface area (Å²) in [6.45, 7) is 2.39.